The molecule has 2 aromatic carbocycles. The van der Waals surface area contributed by atoms with Crippen LogP contribution in [0.1, 0.15) is 30.1 Å². The molecule has 0 atom stereocenters. The molecule has 0 aliphatic heterocycles. The van der Waals surface area contributed by atoms with Gasteiger partial charge in [-0.2, -0.15) is 0 Å². The van der Waals surface area contributed by atoms with Gasteiger partial charge in [0.05, 0.1) is 11.4 Å². The van der Waals surface area contributed by atoms with Gasteiger partial charge in [0.15, 0.2) is 0 Å². The molecule has 0 spiro atoms. The van der Waals surface area contributed by atoms with E-state index in [0.717, 1.165) is 30.8 Å². The van der Waals surface area contributed by atoms with Crippen LogP contribution in [0.3, 0.4) is 0 Å². The Kier molecular flexibility index (Phi) is 4.82. The van der Waals surface area contributed by atoms with E-state index in [1.165, 1.54) is 0 Å². The van der Waals surface area contributed by atoms with Crippen LogP contribution in [0, 0.1) is 0 Å². The molecule has 21 heavy (non-hydrogen) atoms. The fourth-order valence-corrected chi connectivity index (χ4v) is 2.24. The van der Waals surface area contributed by atoms with Crippen LogP contribution in [-0.4, -0.2) is 12.5 Å². The molecule has 0 unspecified atom stereocenters. The Morgan fingerprint density at radius 3 is 2.48 bits per heavy atom. The number of rotatable bonds is 6. The van der Waals surface area contributed by atoms with Crippen molar-refractivity contribution in [1.29, 1.82) is 0 Å². The lowest BCUT2D eigenvalue weighted by Crippen LogP contribution is -2.21. The van der Waals surface area contributed by atoms with Crippen LogP contribution in [0.4, 0.5) is 17.1 Å². The maximum absolute atomic E-state index is 11.4. The summed E-state index contributed by atoms with van der Waals surface area (Å²) in [7, 11) is 0. The van der Waals surface area contributed by atoms with Gasteiger partial charge in [-0.05, 0) is 36.8 Å². The van der Waals surface area contributed by atoms with E-state index in [9.17, 15) is 4.79 Å². The second-order valence-electron chi connectivity index (χ2n) is 4.98. The average molecular weight is 283 g/mol. The molecule has 0 fully saturated rings. The zero-order valence-corrected chi connectivity index (χ0v) is 12.3. The van der Waals surface area contributed by atoms with E-state index >= 15 is 0 Å². The van der Waals surface area contributed by atoms with Crippen molar-refractivity contribution in [3.63, 3.8) is 0 Å². The Bertz CT molecular complexity index is 611. The number of amides is 1. The lowest BCUT2D eigenvalue weighted by Gasteiger charge is -2.26. The van der Waals surface area contributed by atoms with Gasteiger partial charge in [-0.3, -0.25) is 4.79 Å². The number of nitrogens with zero attached hydrogens (tertiary/aromatic N) is 1. The normalized spacial score (nSPS) is 10.3. The number of benzene rings is 2. The number of para-hydroxylation sites is 1. The SMILES string of the molecule is CCCCN(c1ccccc1)c1cc(C(N)=O)ccc1N. The van der Waals surface area contributed by atoms with E-state index in [1.807, 2.05) is 30.3 Å². The Labute approximate surface area is 125 Å². The van der Waals surface area contributed by atoms with E-state index < -0.39 is 5.91 Å². The molecule has 0 saturated carbocycles. The standard InChI is InChI=1S/C17H21N3O/c1-2-3-11-20(14-7-5-4-6-8-14)16-12-13(17(19)21)9-10-15(16)18/h4-10,12H,2-3,11,18H2,1H3,(H2,19,21). The summed E-state index contributed by atoms with van der Waals surface area (Å²) in [6, 6.07) is 15.2. The monoisotopic (exact) mass is 283 g/mol. The Hall–Kier alpha value is -2.49. The van der Waals surface area contributed by atoms with Crippen LogP contribution in [0.15, 0.2) is 48.5 Å². The maximum atomic E-state index is 11.4. The molecule has 0 aromatic heterocycles. The van der Waals surface area contributed by atoms with E-state index in [4.69, 9.17) is 11.5 Å². The molecule has 0 radical (unpaired) electrons. The average Bonchev–Trinajstić information content (AvgIpc) is 2.50. The molecular weight excluding hydrogens is 262 g/mol. The number of unbranched alkanes of at least 4 members (excludes halogenated alkanes) is 1. The van der Waals surface area contributed by atoms with Crippen molar-refractivity contribution < 1.29 is 4.79 Å². The highest BCUT2D eigenvalue weighted by Crippen LogP contribution is 2.31. The first-order valence-electron chi connectivity index (χ1n) is 7.15. The minimum atomic E-state index is -0.445. The largest absolute Gasteiger partial charge is 0.397 e. The van der Waals surface area contributed by atoms with Crippen molar-refractivity contribution >= 4 is 23.0 Å². The summed E-state index contributed by atoms with van der Waals surface area (Å²) >= 11 is 0. The van der Waals surface area contributed by atoms with Crippen LogP contribution < -0.4 is 16.4 Å². The van der Waals surface area contributed by atoms with E-state index in [1.54, 1.807) is 18.2 Å². The third-order valence-corrected chi connectivity index (χ3v) is 3.41. The Morgan fingerprint density at radius 1 is 1.14 bits per heavy atom. The fourth-order valence-electron chi connectivity index (χ4n) is 2.24. The number of nitrogens with two attached hydrogens (primary N) is 2. The first-order chi connectivity index (χ1) is 10.1. The molecule has 110 valence electrons. The smallest absolute Gasteiger partial charge is 0.248 e. The summed E-state index contributed by atoms with van der Waals surface area (Å²) in [4.78, 5) is 13.5. The molecule has 0 saturated heterocycles. The quantitative estimate of drug-likeness (QED) is 0.799. The van der Waals surface area contributed by atoms with Crippen molar-refractivity contribution in [3.05, 3.63) is 54.1 Å². The number of carbonyl (C=O) groups is 1. The third kappa shape index (κ3) is 3.54. The Balaban J connectivity index is 2.45. The third-order valence-electron chi connectivity index (χ3n) is 3.41. The van der Waals surface area contributed by atoms with Crippen molar-refractivity contribution in [2.24, 2.45) is 5.73 Å². The summed E-state index contributed by atoms with van der Waals surface area (Å²) in [6.45, 7) is 2.99. The first-order valence-corrected chi connectivity index (χ1v) is 7.15. The van der Waals surface area contributed by atoms with Crippen LogP contribution in [0.2, 0.25) is 0 Å². The van der Waals surface area contributed by atoms with E-state index in [-0.39, 0.29) is 0 Å². The van der Waals surface area contributed by atoms with Crippen molar-refractivity contribution in [3.8, 4) is 0 Å². The number of carbonyl (C=O) groups excluding carboxylic acids is 1. The highest BCUT2D eigenvalue weighted by atomic mass is 16.1. The molecule has 4 N–H and O–H groups in total. The summed E-state index contributed by atoms with van der Waals surface area (Å²) in [5.74, 6) is -0.445. The van der Waals surface area contributed by atoms with Crippen molar-refractivity contribution in [2.45, 2.75) is 19.8 Å². The van der Waals surface area contributed by atoms with Gasteiger partial charge in [-0.15, -0.1) is 0 Å². The van der Waals surface area contributed by atoms with Crippen molar-refractivity contribution in [2.75, 3.05) is 17.2 Å². The van der Waals surface area contributed by atoms with Crippen molar-refractivity contribution in [1.82, 2.24) is 0 Å². The van der Waals surface area contributed by atoms with Crippen LogP contribution in [-0.2, 0) is 0 Å². The predicted octanol–water partition coefficient (Wildman–Crippen LogP) is 3.31. The second-order valence-corrected chi connectivity index (χ2v) is 4.98. The molecular formula is C17H21N3O. The Morgan fingerprint density at radius 2 is 1.86 bits per heavy atom. The molecule has 0 aliphatic carbocycles. The summed E-state index contributed by atoms with van der Waals surface area (Å²) < 4.78 is 0. The first kappa shape index (κ1) is 14.9. The molecule has 4 heteroatoms. The highest BCUT2D eigenvalue weighted by Gasteiger charge is 2.13. The van der Waals surface area contributed by atoms with Crippen LogP contribution >= 0.6 is 0 Å². The van der Waals surface area contributed by atoms with Gasteiger partial charge in [0, 0.05) is 17.8 Å². The van der Waals surface area contributed by atoms with Gasteiger partial charge >= 0.3 is 0 Å². The zero-order chi connectivity index (χ0) is 15.2. The maximum Gasteiger partial charge on any atom is 0.248 e. The minimum absolute atomic E-state index is 0.445. The fraction of sp³-hybridized carbons (Fsp3) is 0.235. The van der Waals surface area contributed by atoms with Gasteiger partial charge in [0.1, 0.15) is 0 Å². The molecule has 0 aliphatic rings. The molecule has 4 nitrogen and oxygen atoms in total. The number of anilines is 3. The molecule has 1 amide bonds. The minimum Gasteiger partial charge on any atom is -0.397 e. The van der Waals surface area contributed by atoms with Gasteiger partial charge in [-0.25, -0.2) is 0 Å². The summed E-state index contributed by atoms with van der Waals surface area (Å²) in [5.41, 5.74) is 14.5. The zero-order valence-electron chi connectivity index (χ0n) is 12.3. The topological polar surface area (TPSA) is 72.3 Å². The number of nitrogen functional groups attached to an aromatic ring is 1. The van der Waals surface area contributed by atoms with Gasteiger partial charge in [-0.1, -0.05) is 31.5 Å². The summed E-state index contributed by atoms with van der Waals surface area (Å²) in [5, 5.41) is 0. The number of hydrogen-bond donors (Lipinski definition) is 2. The molecule has 0 heterocycles. The molecule has 2 rings (SSSR count). The predicted molar refractivity (Wildman–Crippen MR) is 87.7 cm³/mol. The number of hydrogen-bond acceptors (Lipinski definition) is 3. The van der Waals surface area contributed by atoms with Crippen LogP contribution in [0.25, 0.3) is 0 Å². The van der Waals surface area contributed by atoms with Gasteiger partial charge in [0.25, 0.3) is 0 Å². The molecule has 0 bridgehead atoms. The van der Waals surface area contributed by atoms with Crippen LogP contribution in [0.5, 0.6) is 0 Å². The summed E-state index contributed by atoms with van der Waals surface area (Å²) in [6.07, 6.45) is 2.12. The lowest BCUT2D eigenvalue weighted by molar-refractivity contribution is 0.100. The number of primary amides is 1. The lowest BCUT2D eigenvalue weighted by atomic mass is 10.1. The van der Waals surface area contributed by atoms with Gasteiger partial charge < -0.3 is 16.4 Å². The second kappa shape index (κ2) is 6.79. The molecule has 2 aromatic rings. The van der Waals surface area contributed by atoms with E-state index in [2.05, 4.69) is 11.8 Å². The van der Waals surface area contributed by atoms with E-state index in [0.29, 0.717) is 11.3 Å². The van der Waals surface area contributed by atoms with Gasteiger partial charge in [0.2, 0.25) is 5.91 Å². The highest BCUT2D eigenvalue weighted by molar-refractivity contribution is 5.95.